The maximum absolute atomic E-state index is 12.7. The van der Waals surface area contributed by atoms with Gasteiger partial charge in [0, 0.05) is 10.6 Å². The number of amides is 2. The molecule has 138 valence electrons. The van der Waals surface area contributed by atoms with Gasteiger partial charge < -0.3 is 9.47 Å². The second-order valence-corrected chi connectivity index (χ2v) is 6.83. The topological polar surface area (TPSA) is 72.9 Å². The zero-order valence-electron chi connectivity index (χ0n) is 14.2. The van der Waals surface area contributed by atoms with E-state index in [0.29, 0.717) is 22.0 Å². The van der Waals surface area contributed by atoms with Crippen molar-refractivity contribution >= 4 is 52.2 Å². The third-order valence-corrected chi connectivity index (χ3v) is 4.78. The molecule has 0 aliphatic carbocycles. The Morgan fingerprint density at radius 1 is 1.15 bits per heavy atom. The molecule has 0 spiro atoms. The first-order valence-corrected chi connectivity index (χ1v) is 9.01. The lowest BCUT2D eigenvalue weighted by Crippen LogP contribution is -2.27. The third kappa shape index (κ3) is 4.32. The highest BCUT2D eigenvalue weighted by Crippen LogP contribution is 2.37. The van der Waals surface area contributed by atoms with Gasteiger partial charge in [-0.3, -0.25) is 9.59 Å². The average Bonchev–Trinajstić information content (AvgIpc) is 2.95. The summed E-state index contributed by atoms with van der Waals surface area (Å²) in [6, 6.07) is 13.3. The fraction of sp³-hybridized carbons (Fsp3) is 0.105. The summed E-state index contributed by atoms with van der Waals surface area (Å²) in [6.45, 7) is -0.256. The standard InChI is InChI=1S/C19H14ClNO5S/c1-25-17(22)11-26-15-5-3-2-4-12(15)10-16-18(23)21(19(24)27-16)14-8-6-13(20)7-9-14/h2-10H,11H2,1H3/b16-10+. The second-order valence-electron chi connectivity index (χ2n) is 5.40. The van der Waals surface area contributed by atoms with Crippen molar-refractivity contribution < 1.29 is 23.9 Å². The minimum absolute atomic E-state index is 0.254. The molecule has 0 unspecified atom stereocenters. The summed E-state index contributed by atoms with van der Waals surface area (Å²) in [7, 11) is 1.27. The maximum Gasteiger partial charge on any atom is 0.343 e. The van der Waals surface area contributed by atoms with E-state index in [2.05, 4.69) is 4.74 Å². The first kappa shape index (κ1) is 19.0. The Bertz CT molecular complexity index is 926. The lowest BCUT2D eigenvalue weighted by molar-refractivity contribution is -0.142. The van der Waals surface area contributed by atoms with Crippen LogP contribution in [0.25, 0.3) is 6.08 Å². The summed E-state index contributed by atoms with van der Waals surface area (Å²) >= 11 is 6.69. The number of halogens is 1. The van der Waals surface area contributed by atoms with E-state index in [9.17, 15) is 14.4 Å². The number of methoxy groups -OCH3 is 1. The number of rotatable bonds is 5. The van der Waals surface area contributed by atoms with Crippen LogP contribution in [0.2, 0.25) is 5.02 Å². The van der Waals surface area contributed by atoms with Crippen LogP contribution < -0.4 is 9.64 Å². The number of ether oxygens (including phenoxy) is 2. The Balaban J connectivity index is 1.86. The molecule has 2 amide bonds. The van der Waals surface area contributed by atoms with Crippen LogP contribution in [0.5, 0.6) is 5.75 Å². The largest absolute Gasteiger partial charge is 0.481 e. The van der Waals surface area contributed by atoms with Crippen molar-refractivity contribution in [3.63, 3.8) is 0 Å². The average molecular weight is 404 g/mol. The number of para-hydroxylation sites is 1. The van der Waals surface area contributed by atoms with E-state index in [1.54, 1.807) is 54.6 Å². The van der Waals surface area contributed by atoms with E-state index in [1.807, 2.05) is 0 Å². The molecule has 0 aromatic heterocycles. The predicted octanol–water partition coefficient (Wildman–Crippen LogP) is 4.13. The number of hydrogen-bond donors (Lipinski definition) is 0. The molecule has 1 fully saturated rings. The van der Waals surface area contributed by atoms with Crippen LogP contribution in [0, 0.1) is 0 Å². The molecule has 0 saturated carbocycles. The molecule has 0 N–H and O–H groups in total. The first-order chi connectivity index (χ1) is 13.0. The van der Waals surface area contributed by atoms with Crippen LogP contribution in [-0.4, -0.2) is 30.8 Å². The number of carbonyl (C=O) groups is 3. The lowest BCUT2D eigenvalue weighted by Gasteiger charge is -2.12. The van der Waals surface area contributed by atoms with Crippen LogP contribution in [-0.2, 0) is 14.3 Å². The zero-order chi connectivity index (χ0) is 19.4. The number of benzene rings is 2. The molecule has 0 bridgehead atoms. The lowest BCUT2D eigenvalue weighted by atomic mass is 10.2. The smallest absolute Gasteiger partial charge is 0.343 e. The van der Waals surface area contributed by atoms with E-state index in [1.165, 1.54) is 7.11 Å². The van der Waals surface area contributed by atoms with E-state index < -0.39 is 17.1 Å². The summed E-state index contributed by atoms with van der Waals surface area (Å²) in [5, 5.41) is 0.111. The molecule has 6 nitrogen and oxygen atoms in total. The molecule has 27 heavy (non-hydrogen) atoms. The predicted molar refractivity (Wildman–Crippen MR) is 104 cm³/mol. The maximum atomic E-state index is 12.7. The monoisotopic (exact) mass is 403 g/mol. The number of anilines is 1. The summed E-state index contributed by atoms with van der Waals surface area (Å²) in [5.74, 6) is -0.552. The van der Waals surface area contributed by atoms with Crippen LogP contribution in [0.3, 0.4) is 0 Å². The first-order valence-electron chi connectivity index (χ1n) is 7.82. The SMILES string of the molecule is COC(=O)COc1ccccc1/C=C1/SC(=O)N(c2ccc(Cl)cc2)C1=O. The number of esters is 1. The number of hydrogen-bond acceptors (Lipinski definition) is 6. The second kappa shape index (κ2) is 8.28. The molecular weight excluding hydrogens is 390 g/mol. The molecule has 0 radical (unpaired) electrons. The van der Waals surface area contributed by atoms with Gasteiger partial charge in [-0.1, -0.05) is 29.8 Å². The molecule has 3 rings (SSSR count). The molecule has 2 aromatic carbocycles. The van der Waals surface area contributed by atoms with Crippen molar-refractivity contribution in [2.45, 2.75) is 0 Å². The molecule has 1 heterocycles. The molecule has 2 aromatic rings. The highest BCUT2D eigenvalue weighted by Gasteiger charge is 2.36. The minimum Gasteiger partial charge on any atom is -0.481 e. The van der Waals surface area contributed by atoms with Gasteiger partial charge in [-0.15, -0.1) is 0 Å². The van der Waals surface area contributed by atoms with Crippen molar-refractivity contribution in [2.75, 3.05) is 18.6 Å². The van der Waals surface area contributed by atoms with Gasteiger partial charge >= 0.3 is 5.97 Å². The van der Waals surface area contributed by atoms with Gasteiger partial charge in [-0.05, 0) is 48.2 Å². The van der Waals surface area contributed by atoms with Crippen molar-refractivity contribution in [1.82, 2.24) is 0 Å². The van der Waals surface area contributed by atoms with Crippen molar-refractivity contribution in [3.8, 4) is 5.75 Å². The Labute approximate surface area is 164 Å². The summed E-state index contributed by atoms with van der Waals surface area (Å²) < 4.78 is 9.98. The highest BCUT2D eigenvalue weighted by atomic mass is 35.5. The number of imide groups is 1. The summed E-state index contributed by atoms with van der Waals surface area (Å²) in [6.07, 6.45) is 1.56. The van der Waals surface area contributed by atoms with Gasteiger partial charge in [0.25, 0.3) is 11.1 Å². The van der Waals surface area contributed by atoms with Gasteiger partial charge in [-0.25, -0.2) is 9.69 Å². The minimum atomic E-state index is -0.520. The Morgan fingerprint density at radius 2 is 1.85 bits per heavy atom. The van der Waals surface area contributed by atoms with Crippen LogP contribution >= 0.6 is 23.4 Å². The number of nitrogens with zero attached hydrogens (tertiary/aromatic N) is 1. The van der Waals surface area contributed by atoms with E-state index in [-0.39, 0.29) is 11.5 Å². The van der Waals surface area contributed by atoms with Gasteiger partial charge in [-0.2, -0.15) is 0 Å². The van der Waals surface area contributed by atoms with E-state index in [4.69, 9.17) is 16.3 Å². The fourth-order valence-electron chi connectivity index (χ4n) is 2.35. The Morgan fingerprint density at radius 3 is 2.56 bits per heavy atom. The van der Waals surface area contributed by atoms with E-state index >= 15 is 0 Å². The van der Waals surface area contributed by atoms with Crippen molar-refractivity contribution in [1.29, 1.82) is 0 Å². The van der Waals surface area contributed by atoms with Crippen LogP contribution in [0.4, 0.5) is 10.5 Å². The number of carbonyl (C=O) groups excluding carboxylic acids is 3. The van der Waals surface area contributed by atoms with Crippen LogP contribution in [0.15, 0.2) is 53.4 Å². The van der Waals surface area contributed by atoms with Gasteiger partial charge in [0.1, 0.15) is 5.75 Å². The Hall–Kier alpha value is -2.77. The van der Waals surface area contributed by atoms with Crippen LogP contribution in [0.1, 0.15) is 5.56 Å². The molecule has 1 aliphatic rings. The Kier molecular flexibility index (Phi) is 5.83. The van der Waals surface area contributed by atoms with Crippen molar-refractivity contribution in [3.05, 3.63) is 64.0 Å². The number of thioether (sulfide) groups is 1. The molecule has 1 saturated heterocycles. The normalized spacial score (nSPS) is 15.3. The summed E-state index contributed by atoms with van der Waals surface area (Å²) in [5.41, 5.74) is 1.02. The fourth-order valence-corrected chi connectivity index (χ4v) is 3.31. The van der Waals surface area contributed by atoms with Gasteiger partial charge in [0.15, 0.2) is 6.61 Å². The summed E-state index contributed by atoms with van der Waals surface area (Å²) in [4.78, 5) is 37.6. The van der Waals surface area contributed by atoms with Crippen molar-refractivity contribution in [2.24, 2.45) is 0 Å². The molecule has 0 atom stereocenters. The molecule has 1 aliphatic heterocycles. The molecular formula is C19H14ClNO5S. The zero-order valence-corrected chi connectivity index (χ0v) is 15.8. The van der Waals surface area contributed by atoms with Gasteiger partial charge in [0.05, 0.1) is 17.7 Å². The highest BCUT2D eigenvalue weighted by molar-refractivity contribution is 8.19. The third-order valence-electron chi connectivity index (χ3n) is 3.66. The quantitative estimate of drug-likeness (QED) is 0.552. The molecule has 8 heteroatoms. The van der Waals surface area contributed by atoms with Gasteiger partial charge in [0.2, 0.25) is 0 Å². The van der Waals surface area contributed by atoms with E-state index in [0.717, 1.165) is 16.7 Å².